The van der Waals surface area contributed by atoms with E-state index in [0.717, 1.165) is 12.1 Å². The maximum atomic E-state index is 12.3. The number of nitrogens with zero attached hydrogens (tertiary/aromatic N) is 5. The van der Waals surface area contributed by atoms with Crippen molar-refractivity contribution in [3.8, 4) is 17.9 Å². The van der Waals surface area contributed by atoms with E-state index in [2.05, 4.69) is 10.2 Å². The minimum absolute atomic E-state index is 0.0286. The van der Waals surface area contributed by atoms with Gasteiger partial charge < -0.3 is 4.74 Å². The molecule has 0 fully saturated rings. The molecular weight excluding hydrogens is 338 g/mol. The number of Topliss-reactive ketones (excluding diaryl/α,β-unsaturated/α-hetero) is 1. The van der Waals surface area contributed by atoms with E-state index >= 15 is 0 Å². The number of azo groups is 1. The molecule has 2 aromatic carbocycles. The van der Waals surface area contributed by atoms with Gasteiger partial charge in [-0.25, -0.2) is 0 Å². The summed E-state index contributed by atoms with van der Waals surface area (Å²) in [6.45, 7) is 0. The topological polar surface area (TPSA) is 142 Å². The largest absolute Gasteiger partial charge is 0.497 e. The predicted molar refractivity (Wildman–Crippen MR) is 89.1 cm³/mol. The molecule has 26 heavy (non-hydrogen) atoms. The fraction of sp³-hybridized carbons (Fsp3) is 0.118. The van der Waals surface area contributed by atoms with E-state index in [1.807, 2.05) is 0 Å². The molecule has 0 saturated carbocycles. The summed E-state index contributed by atoms with van der Waals surface area (Å²) in [5.41, 5.74) is -0.0791. The summed E-state index contributed by atoms with van der Waals surface area (Å²) in [4.78, 5) is 22.4. The quantitative estimate of drug-likeness (QED) is 0.339. The maximum Gasteiger partial charge on any atom is 0.270 e. The van der Waals surface area contributed by atoms with Gasteiger partial charge in [0.25, 0.3) is 5.69 Å². The van der Waals surface area contributed by atoms with Crippen LogP contribution in [0.4, 0.5) is 11.4 Å². The van der Waals surface area contributed by atoms with Crippen LogP contribution in [0, 0.1) is 32.8 Å². The van der Waals surface area contributed by atoms with Gasteiger partial charge in [-0.1, -0.05) is 0 Å². The molecule has 1 atom stereocenters. The van der Waals surface area contributed by atoms with Gasteiger partial charge in [0, 0.05) is 17.7 Å². The maximum absolute atomic E-state index is 12.3. The Kier molecular flexibility index (Phi) is 5.70. The van der Waals surface area contributed by atoms with Crippen LogP contribution in [0.1, 0.15) is 15.9 Å². The average Bonchev–Trinajstić information content (AvgIpc) is 2.68. The van der Waals surface area contributed by atoms with Crippen molar-refractivity contribution >= 4 is 17.2 Å². The van der Waals surface area contributed by atoms with Gasteiger partial charge in [0.15, 0.2) is 0 Å². The standard InChI is InChI=1S/C17H11N5O4/c1-26-14-5-2-11(3-6-14)17(23)16(10-19)21-20-15-7-4-13(22(24)25)8-12(15)9-18/h2-8,16H,1H3. The number of nitro groups is 1. The van der Waals surface area contributed by atoms with Crippen molar-refractivity contribution in [1.82, 2.24) is 0 Å². The normalized spacial score (nSPS) is 11.3. The Balaban J connectivity index is 2.26. The molecule has 2 aromatic rings. The van der Waals surface area contributed by atoms with Gasteiger partial charge in [0.1, 0.15) is 17.5 Å². The highest BCUT2D eigenvalue weighted by Gasteiger charge is 2.19. The molecule has 0 aliphatic carbocycles. The van der Waals surface area contributed by atoms with E-state index in [-0.39, 0.29) is 22.5 Å². The summed E-state index contributed by atoms with van der Waals surface area (Å²) in [5.74, 6) is -0.0134. The SMILES string of the molecule is COc1ccc(C(=O)C(C#N)N=Nc2ccc([N+](=O)[O-])cc2C#N)cc1. The van der Waals surface area contributed by atoms with Crippen molar-refractivity contribution in [2.24, 2.45) is 10.2 Å². The van der Waals surface area contributed by atoms with Crippen LogP contribution in [-0.4, -0.2) is 23.9 Å². The zero-order chi connectivity index (χ0) is 19.1. The second-order valence-electron chi connectivity index (χ2n) is 4.91. The van der Waals surface area contributed by atoms with E-state index in [9.17, 15) is 20.2 Å². The lowest BCUT2D eigenvalue weighted by atomic mass is 10.1. The molecule has 0 aliphatic heterocycles. The molecule has 0 aromatic heterocycles. The molecule has 1 unspecified atom stereocenters. The summed E-state index contributed by atoms with van der Waals surface area (Å²) in [6.07, 6.45) is 0. The van der Waals surface area contributed by atoms with Crippen LogP contribution in [0.2, 0.25) is 0 Å². The molecule has 0 N–H and O–H groups in total. The zero-order valence-corrected chi connectivity index (χ0v) is 13.5. The third kappa shape index (κ3) is 4.04. The number of nitriles is 2. The summed E-state index contributed by atoms with van der Waals surface area (Å²) in [5, 5.41) is 36.4. The Labute approximate surface area is 147 Å². The predicted octanol–water partition coefficient (Wildman–Crippen LogP) is 3.33. The van der Waals surface area contributed by atoms with Crippen molar-refractivity contribution in [3.63, 3.8) is 0 Å². The number of carbonyl (C=O) groups is 1. The molecular formula is C17H11N5O4. The van der Waals surface area contributed by atoms with Gasteiger partial charge in [-0.15, -0.1) is 0 Å². The smallest absolute Gasteiger partial charge is 0.270 e. The Hall–Kier alpha value is -4.11. The molecule has 9 heteroatoms. The number of hydrogen-bond donors (Lipinski definition) is 0. The van der Waals surface area contributed by atoms with Gasteiger partial charge in [-0.2, -0.15) is 20.8 Å². The van der Waals surface area contributed by atoms with Crippen LogP contribution in [-0.2, 0) is 0 Å². The van der Waals surface area contributed by atoms with Crippen molar-refractivity contribution in [1.29, 1.82) is 10.5 Å². The third-order valence-corrected chi connectivity index (χ3v) is 3.34. The summed E-state index contributed by atoms with van der Waals surface area (Å²) < 4.78 is 5.00. The van der Waals surface area contributed by atoms with Crippen molar-refractivity contribution in [2.75, 3.05) is 7.11 Å². The highest BCUT2D eigenvalue weighted by atomic mass is 16.6. The first kappa shape index (κ1) is 18.2. The van der Waals surface area contributed by atoms with Crippen molar-refractivity contribution < 1.29 is 14.5 Å². The van der Waals surface area contributed by atoms with Gasteiger partial charge in [-0.05, 0) is 30.3 Å². The van der Waals surface area contributed by atoms with Crippen LogP contribution in [0.5, 0.6) is 5.75 Å². The summed E-state index contributed by atoms with van der Waals surface area (Å²) in [6, 6.07) is 11.6. The molecule has 0 radical (unpaired) electrons. The second-order valence-corrected chi connectivity index (χ2v) is 4.91. The zero-order valence-electron chi connectivity index (χ0n) is 13.5. The molecule has 128 valence electrons. The summed E-state index contributed by atoms with van der Waals surface area (Å²) >= 11 is 0. The van der Waals surface area contributed by atoms with Crippen LogP contribution < -0.4 is 4.74 Å². The van der Waals surface area contributed by atoms with Crippen molar-refractivity contribution in [2.45, 2.75) is 6.04 Å². The average molecular weight is 349 g/mol. The number of hydrogen-bond acceptors (Lipinski definition) is 8. The number of benzene rings is 2. The van der Waals surface area contributed by atoms with E-state index in [0.29, 0.717) is 5.75 Å². The monoisotopic (exact) mass is 349 g/mol. The first-order valence-electron chi connectivity index (χ1n) is 7.17. The molecule has 0 saturated heterocycles. The van der Waals surface area contributed by atoms with E-state index in [1.54, 1.807) is 24.3 Å². The number of methoxy groups -OCH3 is 1. The van der Waals surface area contributed by atoms with E-state index in [4.69, 9.17) is 10.00 Å². The first-order chi connectivity index (χ1) is 12.5. The Morgan fingerprint density at radius 3 is 2.46 bits per heavy atom. The molecule has 9 nitrogen and oxygen atoms in total. The van der Waals surface area contributed by atoms with Crippen LogP contribution in [0.15, 0.2) is 52.7 Å². The number of carbonyl (C=O) groups excluding carboxylic acids is 1. The van der Waals surface area contributed by atoms with Crippen molar-refractivity contribution in [3.05, 3.63) is 63.7 Å². The fourth-order valence-corrected chi connectivity index (χ4v) is 1.98. The lowest BCUT2D eigenvalue weighted by Crippen LogP contribution is -2.16. The Morgan fingerprint density at radius 2 is 1.92 bits per heavy atom. The number of ketones is 1. The van der Waals surface area contributed by atoms with Gasteiger partial charge >= 0.3 is 0 Å². The number of nitro benzene ring substituents is 1. The lowest BCUT2D eigenvalue weighted by Gasteiger charge is -2.04. The highest BCUT2D eigenvalue weighted by Crippen LogP contribution is 2.24. The van der Waals surface area contributed by atoms with E-state index in [1.165, 1.54) is 25.3 Å². The Bertz CT molecular complexity index is 955. The Morgan fingerprint density at radius 1 is 1.23 bits per heavy atom. The third-order valence-electron chi connectivity index (χ3n) is 3.34. The van der Waals surface area contributed by atoms with Crippen LogP contribution in [0.3, 0.4) is 0 Å². The molecule has 0 heterocycles. The molecule has 2 rings (SSSR count). The number of non-ortho nitro benzene ring substituents is 1. The van der Waals surface area contributed by atoms with Gasteiger partial charge in [0.2, 0.25) is 11.8 Å². The molecule has 0 aliphatic rings. The molecule has 0 amide bonds. The first-order valence-corrected chi connectivity index (χ1v) is 7.17. The van der Waals surface area contributed by atoms with Crippen LogP contribution >= 0.6 is 0 Å². The summed E-state index contributed by atoms with van der Waals surface area (Å²) in [7, 11) is 1.49. The lowest BCUT2D eigenvalue weighted by molar-refractivity contribution is -0.384. The number of rotatable bonds is 6. The van der Waals surface area contributed by atoms with Gasteiger partial charge in [-0.3, -0.25) is 14.9 Å². The number of ether oxygens (including phenoxy) is 1. The highest BCUT2D eigenvalue weighted by molar-refractivity contribution is 6.02. The minimum Gasteiger partial charge on any atom is -0.497 e. The van der Waals surface area contributed by atoms with Crippen LogP contribution in [0.25, 0.3) is 0 Å². The minimum atomic E-state index is -1.41. The second kappa shape index (κ2) is 8.13. The van der Waals surface area contributed by atoms with Gasteiger partial charge in [0.05, 0.1) is 23.7 Å². The molecule has 0 spiro atoms. The fourth-order valence-electron chi connectivity index (χ4n) is 1.98. The van der Waals surface area contributed by atoms with E-state index < -0.39 is 16.7 Å². The molecule has 0 bridgehead atoms.